The molecule has 2 heterocycles. The summed E-state index contributed by atoms with van der Waals surface area (Å²) in [5, 5.41) is 4.26. The van der Waals surface area contributed by atoms with E-state index >= 15 is 0 Å². The van der Waals surface area contributed by atoms with Crippen LogP contribution in [0.2, 0.25) is 0 Å². The second kappa shape index (κ2) is 7.58. The third kappa shape index (κ3) is 3.78. The second-order valence-electron chi connectivity index (χ2n) is 7.57. The molecule has 1 aliphatic heterocycles. The summed E-state index contributed by atoms with van der Waals surface area (Å²) in [5.41, 5.74) is 3.39. The molecule has 1 saturated heterocycles. The number of aromatic nitrogens is 2. The lowest BCUT2D eigenvalue weighted by atomic mass is 10.1. The van der Waals surface area contributed by atoms with Gasteiger partial charge in [-0.2, -0.15) is 5.10 Å². The zero-order valence-corrected chi connectivity index (χ0v) is 18.0. The predicted octanol–water partition coefficient (Wildman–Crippen LogP) is 2.47. The number of anilines is 1. The molecule has 0 unspecified atom stereocenters. The zero-order chi connectivity index (χ0) is 20.6. The van der Waals surface area contributed by atoms with E-state index in [9.17, 15) is 13.2 Å². The van der Waals surface area contributed by atoms with Crippen molar-refractivity contribution in [2.24, 2.45) is 7.05 Å². The Balaban J connectivity index is 2.10. The molecule has 3 rings (SSSR count). The molecular weight excluding hydrogens is 376 g/mol. The Labute approximate surface area is 167 Å². The third-order valence-corrected chi connectivity index (χ3v) is 7.25. The molecule has 1 fully saturated rings. The van der Waals surface area contributed by atoms with Gasteiger partial charge in [0.05, 0.1) is 17.1 Å². The van der Waals surface area contributed by atoms with Crippen molar-refractivity contribution in [2.45, 2.75) is 45.4 Å². The molecule has 152 valence electrons. The van der Waals surface area contributed by atoms with Crippen LogP contribution in [0.15, 0.2) is 23.1 Å². The van der Waals surface area contributed by atoms with Crippen molar-refractivity contribution in [3.8, 4) is 0 Å². The number of carbonyl (C=O) groups is 1. The number of likely N-dealkylation sites (tertiary alicyclic amines) is 1. The molecule has 0 spiro atoms. The lowest BCUT2D eigenvalue weighted by Crippen LogP contribution is -2.42. The van der Waals surface area contributed by atoms with Crippen molar-refractivity contribution >= 4 is 21.6 Å². The van der Waals surface area contributed by atoms with E-state index in [1.54, 1.807) is 30.5 Å². The third-order valence-electron chi connectivity index (χ3n) is 5.22. The van der Waals surface area contributed by atoms with Crippen LogP contribution in [0.1, 0.15) is 35.4 Å². The van der Waals surface area contributed by atoms with Crippen molar-refractivity contribution in [3.05, 3.63) is 40.7 Å². The molecule has 28 heavy (non-hydrogen) atoms. The lowest BCUT2D eigenvalue weighted by molar-refractivity contribution is -0.128. The Bertz CT molecular complexity index is 984. The first kappa shape index (κ1) is 20.4. The molecular formula is C20H28N4O3S. The first-order valence-electron chi connectivity index (χ1n) is 9.50. The van der Waals surface area contributed by atoms with E-state index in [0.717, 1.165) is 24.0 Å². The summed E-state index contributed by atoms with van der Waals surface area (Å²) in [7, 11) is -2.23. The number of nitrogens with zero attached hydrogens (tertiary/aromatic N) is 4. The van der Waals surface area contributed by atoms with Gasteiger partial charge >= 0.3 is 0 Å². The Morgan fingerprint density at radius 2 is 1.64 bits per heavy atom. The van der Waals surface area contributed by atoms with Gasteiger partial charge in [0.2, 0.25) is 5.91 Å². The molecule has 0 N–H and O–H groups in total. The van der Waals surface area contributed by atoms with Gasteiger partial charge in [-0.05, 0) is 63.8 Å². The fraction of sp³-hybridized carbons (Fsp3) is 0.500. The summed E-state index contributed by atoms with van der Waals surface area (Å²) in [6.07, 6.45) is 1.92. The number of amides is 1. The Morgan fingerprint density at radius 3 is 2.14 bits per heavy atom. The first-order chi connectivity index (χ1) is 13.1. The average Bonchev–Trinajstić information content (AvgIpc) is 3.20. The van der Waals surface area contributed by atoms with Crippen LogP contribution in [0.5, 0.6) is 0 Å². The van der Waals surface area contributed by atoms with Gasteiger partial charge in [0.25, 0.3) is 10.0 Å². The molecule has 0 aliphatic carbocycles. The van der Waals surface area contributed by atoms with Gasteiger partial charge in [0, 0.05) is 20.1 Å². The molecule has 0 radical (unpaired) electrons. The summed E-state index contributed by atoms with van der Waals surface area (Å²) < 4.78 is 30.1. The van der Waals surface area contributed by atoms with Crippen LogP contribution < -0.4 is 4.31 Å². The van der Waals surface area contributed by atoms with Crippen LogP contribution in [0, 0.1) is 27.7 Å². The van der Waals surface area contributed by atoms with E-state index in [1.807, 2.05) is 32.0 Å². The van der Waals surface area contributed by atoms with E-state index in [0.29, 0.717) is 30.2 Å². The van der Waals surface area contributed by atoms with E-state index in [2.05, 4.69) is 5.10 Å². The number of rotatable bonds is 5. The second-order valence-corrected chi connectivity index (χ2v) is 9.37. The van der Waals surface area contributed by atoms with Crippen LogP contribution in [0.3, 0.4) is 0 Å². The van der Waals surface area contributed by atoms with E-state index in [-0.39, 0.29) is 17.3 Å². The van der Waals surface area contributed by atoms with Gasteiger partial charge in [-0.1, -0.05) is 6.07 Å². The zero-order valence-electron chi connectivity index (χ0n) is 17.2. The molecule has 0 saturated carbocycles. The van der Waals surface area contributed by atoms with Gasteiger partial charge in [0.15, 0.2) is 0 Å². The Hall–Kier alpha value is -2.35. The summed E-state index contributed by atoms with van der Waals surface area (Å²) in [4.78, 5) is 14.8. The van der Waals surface area contributed by atoms with Crippen LogP contribution in [-0.4, -0.2) is 48.6 Å². The van der Waals surface area contributed by atoms with Crippen molar-refractivity contribution in [1.82, 2.24) is 14.7 Å². The van der Waals surface area contributed by atoms with Crippen molar-refractivity contribution in [1.29, 1.82) is 0 Å². The highest BCUT2D eigenvalue weighted by molar-refractivity contribution is 7.93. The normalized spacial score (nSPS) is 14.5. The predicted molar refractivity (Wildman–Crippen MR) is 109 cm³/mol. The molecule has 1 aromatic heterocycles. The highest BCUT2D eigenvalue weighted by atomic mass is 32.2. The van der Waals surface area contributed by atoms with Crippen molar-refractivity contribution in [3.63, 3.8) is 0 Å². The number of benzene rings is 1. The largest absolute Gasteiger partial charge is 0.341 e. The minimum atomic E-state index is -3.95. The number of hydrogen-bond acceptors (Lipinski definition) is 4. The van der Waals surface area contributed by atoms with Crippen LogP contribution in [0.25, 0.3) is 0 Å². The average molecular weight is 405 g/mol. The monoisotopic (exact) mass is 404 g/mol. The fourth-order valence-corrected chi connectivity index (χ4v) is 5.64. The molecule has 0 bridgehead atoms. The maximum atomic E-state index is 13.7. The molecule has 2 aromatic rings. The highest BCUT2D eigenvalue weighted by Gasteiger charge is 2.34. The van der Waals surface area contributed by atoms with Gasteiger partial charge in [-0.3, -0.25) is 13.8 Å². The SMILES string of the molecule is Cc1cc(C)cc(N(CC(=O)N2CCCC2)S(=O)(=O)c2c(C)nn(C)c2C)c1. The number of carbonyl (C=O) groups excluding carboxylic acids is 1. The van der Waals surface area contributed by atoms with E-state index < -0.39 is 10.0 Å². The van der Waals surface area contributed by atoms with Crippen LogP contribution in [-0.2, 0) is 21.9 Å². The topological polar surface area (TPSA) is 75.5 Å². The Morgan fingerprint density at radius 1 is 1.07 bits per heavy atom. The summed E-state index contributed by atoms with van der Waals surface area (Å²) in [6.45, 7) is 8.42. The summed E-state index contributed by atoms with van der Waals surface area (Å²) in [5.74, 6) is -0.167. The molecule has 8 heteroatoms. The summed E-state index contributed by atoms with van der Waals surface area (Å²) >= 11 is 0. The molecule has 1 amide bonds. The maximum Gasteiger partial charge on any atom is 0.268 e. The molecule has 0 atom stereocenters. The minimum absolute atomic E-state index is 0.167. The number of aryl methyl sites for hydroxylation is 4. The minimum Gasteiger partial charge on any atom is -0.341 e. The number of sulfonamides is 1. The standard InChI is InChI=1S/C20H28N4O3S/c1-14-10-15(2)12-18(11-14)24(13-19(25)23-8-6-7-9-23)28(26,27)20-16(3)21-22(5)17(20)4/h10-12H,6-9,13H2,1-5H3. The van der Waals surface area contributed by atoms with Gasteiger partial charge in [-0.15, -0.1) is 0 Å². The maximum absolute atomic E-state index is 13.7. The van der Waals surface area contributed by atoms with Crippen LogP contribution >= 0.6 is 0 Å². The van der Waals surface area contributed by atoms with Gasteiger partial charge in [0.1, 0.15) is 11.4 Å². The van der Waals surface area contributed by atoms with Crippen molar-refractivity contribution in [2.75, 3.05) is 23.9 Å². The molecule has 7 nitrogen and oxygen atoms in total. The summed E-state index contributed by atoms with van der Waals surface area (Å²) in [6, 6.07) is 5.60. The first-order valence-corrected chi connectivity index (χ1v) is 10.9. The highest BCUT2D eigenvalue weighted by Crippen LogP contribution is 2.29. The van der Waals surface area contributed by atoms with Gasteiger partial charge < -0.3 is 4.90 Å². The quantitative estimate of drug-likeness (QED) is 0.767. The van der Waals surface area contributed by atoms with Crippen molar-refractivity contribution < 1.29 is 13.2 Å². The van der Waals surface area contributed by atoms with Gasteiger partial charge in [-0.25, -0.2) is 8.42 Å². The Kier molecular flexibility index (Phi) is 5.52. The van der Waals surface area contributed by atoms with E-state index in [1.165, 1.54) is 4.31 Å². The molecule has 1 aromatic carbocycles. The van der Waals surface area contributed by atoms with Crippen LogP contribution in [0.4, 0.5) is 5.69 Å². The fourth-order valence-electron chi connectivity index (χ4n) is 3.84. The van der Waals surface area contributed by atoms with E-state index in [4.69, 9.17) is 0 Å². The smallest absolute Gasteiger partial charge is 0.268 e. The number of hydrogen-bond donors (Lipinski definition) is 0. The lowest BCUT2D eigenvalue weighted by Gasteiger charge is -2.27. The molecule has 1 aliphatic rings.